The lowest BCUT2D eigenvalue weighted by Gasteiger charge is -2.56. The highest BCUT2D eigenvalue weighted by atomic mass is 16.5. The van der Waals surface area contributed by atoms with E-state index in [2.05, 4.69) is 10.6 Å². The molecule has 4 fully saturated rings. The fraction of sp³-hybridized carbons (Fsp3) is 0.650. The average molecular weight is 328 g/mol. The molecule has 0 saturated heterocycles. The zero-order valence-corrected chi connectivity index (χ0v) is 14.5. The molecule has 0 spiro atoms. The van der Waals surface area contributed by atoms with Crippen molar-refractivity contribution in [3.63, 3.8) is 0 Å². The van der Waals surface area contributed by atoms with Crippen LogP contribution in [0.2, 0.25) is 0 Å². The van der Waals surface area contributed by atoms with Crippen LogP contribution in [0, 0.1) is 23.2 Å². The Labute approximate surface area is 144 Å². The zero-order valence-electron chi connectivity index (χ0n) is 14.5. The molecule has 0 heterocycles. The highest BCUT2D eigenvalue weighted by Crippen LogP contribution is 2.59. The van der Waals surface area contributed by atoms with Gasteiger partial charge in [0.1, 0.15) is 5.75 Å². The van der Waals surface area contributed by atoms with Gasteiger partial charge in [-0.05, 0) is 79.4 Å². The number of methoxy groups -OCH3 is 1. The van der Waals surface area contributed by atoms with Crippen molar-refractivity contribution in [1.82, 2.24) is 10.6 Å². The van der Waals surface area contributed by atoms with Crippen LogP contribution in [0.4, 0.5) is 4.79 Å². The number of hydrogen-bond donors (Lipinski definition) is 2. The zero-order chi connectivity index (χ0) is 16.6. The first-order chi connectivity index (χ1) is 11.6. The van der Waals surface area contributed by atoms with Crippen LogP contribution in [0.3, 0.4) is 0 Å². The van der Waals surface area contributed by atoms with Gasteiger partial charge < -0.3 is 15.4 Å². The Morgan fingerprint density at radius 3 is 2.42 bits per heavy atom. The standard InChI is InChI=1S/C20H28N2O2/c1-24-18-4-2-3-14(8-18)12-21-19(23)22-13-20-9-15-5-16(10-20)7-17(6-15)11-20/h2-4,8,15-17H,5-7,9-13H2,1H3,(H2,21,22,23). The first-order valence-corrected chi connectivity index (χ1v) is 9.29. The van der Waals surface area contributed by atoms with E-state index in [4.69, 9.17) is 4.74 Å². The third-order valence-corrected chi connectivity index (χ3v) is 6.38. The lowest BCUT2D eigenvalue weighted by Crippen LogP contribution is -2.52. The predicted octanol–water partition coefficient (Wildman–Crippen LogP) is 3.71. The Bertz CT molecular complexity index is 578. The van der Waals surface area contributed by atoms with Crippen LogP contribution < -0.4 is 15.4 Å². The van der Waals surface area contributed by atoms with Crippen LogP contribution in [0.25, 0.3) is 0 Å². The summed E-state index contributed by atoms with van der Waals surface area (Å²) in [5.74, 6) is 3.61. The number of urea groups is 1. The minimum atomic E-state index is -0.0476. The molecule has 2 amide bonds. The summed E-state index contributed by atoms with van der Waals surface area (Å²) in [6.45, 7) is 1.38. The molecular weight excluding hydrogens is 300 g/mol. The van der Waals surface area contributed by atoms with E-state index >= 15 is 0 Å². The van der Waals surface area contributed by atoms with Gasteiger partial charge >= 0.3 is 6.03 Å². The lowest BCUT2D eigenvalue weighted by molar-refractivity contribution is -0.0498. The van der Waals surface area contributed by atoms with Gasteiger partial charge in [0.15, 0.2) is 0 Å². The molecule has 130 valence electrons. The molecule has 4 aliphatic carbocycles. The quantitative estimate of drug-likeness (QED) is 0.865. The SMILES string of the molecule is COc1cccc(CNC(=O)NCC23CC4CC(CC(C4)C2)C3)c1. The Kier molecular flexibility index (Phi) is 4.15. The number of benzene rings is 1. The van der Waals surface area contributed by atoms with Crippen LogP contribution in [-0.2, 0) is 6.54 Å². The lowest BCUT2D eigenvalue weighted by atomic mass is 9.49. The number of carbonyl (C=O) groups is 1. The summed E-state index contributed by atoms with van der Waals surface area (Å²) in [5, 5.41) is 6.13. The van der Waals surface area contributed by atoms with Gasteiger partial charge in [0.05, 0.1) is 7.11 Å². The number of amides is 2. The summed E-state index contributed by atoms with van der Waals surface area (Å²) in [5.41, 5.74) is 1.45. The van der Waals surface area contributed by atoms with Crippen LogP contribution in [0.5, 0.6) is 5.75 Å². The summed E-state index contributed by atoms with van der Waals surface area (Å²) in [6, 6.07) is 7.77. The minimum Gasteiger partial charge on any atom is -0.497 e. The number of rotatable bonds is 5. The molecule has 0 aliphatic heterocycles. The number of ether oxygens (including phenoxy) is 1. The molecule has 0 atom stereocenters. The van der Waals surface area contributed by atoms with Gasteiger partial charge in [0, 0.05) is 13.1 Å². The number of carbonyl (C=O) groups excluding carboxylic acids is 1. The van der Waals surface area contributed by atoms with Gasteiger partial charge in [0.25, 0.3) is 0 Å². The second kappa shape index (κ2) is 6.30. The van der Waals surface area contributed by atoms with E-state index in [0.717, 1.165) is 35.6 Å². The van der Waals surface area contributed by atoms with Gasteiger partial charge in [-0.25, -0.2) is 4.79 Å². The molecule has 4 aliphatic rings. The third kappa shape index (κ3) is 3.24. The molecule has 1 aromatic rings. The maximum absolute atomic E-state index is 12.2. The first kappa shape index (κ1) is 15.8. The molecule has 4 saturated carbocycles. The van der Waals surface area contributed by atoms with Crippen LogP contribution in [-0.4, -0.2) is 19.7 Å². The van der Waals surface area contributed by atoms with Crippen molar-refractivity contribution in [1.29, 1.82) is 0 Å². The van der Waals surface area contributed by atoms with E-state index in [1.807, 2.05) is 24.3 Å². The van der Waals surface area contributed by atoms with Crippen molar-refractivity contribution in [2.24, 2.45) is 23.2 Å². The maximum Gasteiger partial charge on any atom is 0.315 e. The van der Waals surface area contributed by atoms with Crippen molar-refractivity contribution >= 4 is 6.03 Å². The van der Waals surface area contributed by atoms with Crippen molar-refractivity contribution in [2.75, 3.05) is 13.7 Å². The summed E-state index contributed by atoms with van der Waals surface area (Å²) >= 11 is 0. The van der Waals surface area contributed by atoms with Crippen molar-refractivity contribution in [3.05, 3.63) is 29.8 Å². The largest absolute Gasteiger partial charge is 0.497 e. The van der Waals surface area contributed by atoms with Crippen molar-refractivity contribution < 1.29 is 9.53 Å². The fourth-order valence-electron chi connectivity index (χ4n) is 5.80. The molecule has 2 N–H and O–H groups in total. The molecule has 24 heavy (non-hydrogen) atoms. The van der Waals surface area contributed by atoms with Gasteiger partial charge in [0.2, 0.25) is 0 Å². The first-order valence-electron chi connectivity index (χ1n) is 9.29. The second-order valence-corrected chi connectivity index (χ2v) is 8.31. The predicted molar refractivity (Wildman–Crippen MR) is 93.8 cm³/mol. The Morgan fingerprint density at radius 2 is 1.79 bits per heavy atom. The molecule has 4 heteroatoms. The normalized spacial score (nSPS) is 33.3. The summed E-state index contributed by atoms with van der Waals surface area (Å²) in [7, 11) is 1.66. The topological polar surface area (TPSA) is 50.4 Å². The molecule has 1 aromatic carbocycles. The average Bonchev–Trinajstić information content (AvgIpc) is 2.57. The van der Waals surface area contributed by atoms with E-state index in [9.17, 15) is 4.79 Å². The molecule has 5 rings (SSSR count). The van der Waals surface area contributed by atoms with Crippen LogP contribution in [0.1, 0.15) is 44.1 Å². The van der Waals surface area contributed by atoms with Crippen LogP contribution in [0.15, 0.2) is 24.3 Å². The Hall–Kier alpha value is -1.71. The molecular formula is C20H28N2O2. The Morgan fingerprint density at radius 1 is 1.12 bits per heavy atom. The molecule has 0 aromatic heterocycles. The van der Waals surface area contributed by atoms with E-state index in [0.29, 0.717) is 12.0 Å². The fourth-order valence-corrected chi connectivity index (χ4v) is 5.80. The number of hydrogen-bond acceptors (Lipinski definition) is 2. The second-order valence-electron chi connectivity index (χ2n) is 8.31. The Balaban J connectivity index is 1.28. The van der Waals surface area contributed by atoms with Gasteiger partial charge in [-0.15, -0.1) is 0 Å². The molecule has 4 bridgehead atoms. The minimum absolute atomic E-state index is 0.0476. The molecule has 0 radical (unpaired) electrons. The van der Waals surface area contributed by atoms with Gasteiger partial charge in [-0.3, -0.25) is 0 Å². The van der Waals surface area contributed by atoms with Crippen molar-refractivity contribution in [3.8, 4) is 5.75 Å². The van der Waals surface area contributed by atoms with E-state index in [1.54, 1.807) is 7.11 Å². The summed E-state index contributed by atoms with van der Waals surface area (Å²) < 4.78 is 5.22. The molecule has 4 nitrogen and oxygen atoms in total. The van der Waals surface area contributed by atoms with Crippen LogP contribution >= 0.6 is 0 Å². The molecule has 0 unspecified atom stereocenters. The third-order valence-electron chi connectivity index (χ3n) is 6.38. The highest BCUT2D eigenvalue weighted by Gasteiger charge is 2.50. The highest BCUT2D eigenvalue weighted by molar-refractivity contribution is 5.73. The smallest absolute Gasteiger partial charge is 0.315 e. The summed E-state index contributed by atoms with van der Waals surface area (Å²) in [6.07, 6.45) is 8.32. The summed E-state index contributed by atoms with van der Waals surface area (Å²) in [4.78, 5) is 12.2. The van der Waals surface area contributed by atoms with Crippen molar-refractivity contribution in [2.45, 2.75) is 45.1 Å². The monoisotopic (exact) mass is 328 g/mol. The van der Waals surface area contributed by atoms with Gasteiger partial charge in [-0.2, -0.15) is 0 Å². The van der Waals surface area contributed by atoms with E-state index < -0.39 is 0 Å². The number of nitrogens with one attached hydrogen (secondary N) is 2. The van der Waals surface area contributed by atoms with E-state index in [1.165, 1.54) is 38.5 Å². The van der Waals surface area contributed by atoms with E-state index in [-0.39, 0.29) is 6.03 Å². The van der Waals surface area contributed by atoms with Gasteiger partial charge in [-0.1, -0.05) is 12.1 Å². The maximum atomic E-state index is 12.2.